The number of hydrogen-bond acceptors (Lipinski definition) is 5. The highest BCUT2D eigenvalue weighted by Crippen LogP contribution is 2.33. The molecule has 7 heteroatoms. The molecule has 3 rings (SSSR count). The number of nitrogens with zero attached hydrogens (tertiary/aromatic N) is 3. The van der Waals surface area contributed by atoms with Crippen LogP contribution in [0.2, 0.25) is 0 Å². The van der Waals surface area contributed by atoms with Crippen LogP contribution in [0.1, 0.15) is 12.5 Å². The summed E-state index contributed by atoms with van der Waals surface area (Å²) in [5.74, 6) is 2.47. The molecule has 0 saturated carbocycles. The topological polar surface area (TPSA) is 49.2 Å². The molecule has 0 aliphatic rings. The van der Waals surface area contributed by atoms with Crippen LogP contribution in [0.25, 0.3) is 11.4 Å². The van der Waals surface area contributed by atoms with Crippen LogP contribution in [-0.4, -0.2) is 29.0 Å². The van der Waals surface area contributed by atoms with E-state index >= 15 is 0 Å². The monoisotopic (exact) mass is 373 g/mol. The average molecular weight is 373 g/mol. The van der Waals surface area contributed by atoms with E-state index in [1.165, 1.54) is 23.9 Å². The summed E-state index contributed by atoms with van der Waals surface area (Å²) in [5.41, 5.74) is 1.81. The van der Waals surface area contributed by atoms with Gasteiger partial charge in [0.25, 0.3) is 0 Å². The first-order valence-electron chi connectivity index (χ1n) is 8.19. The van der Waals surface area contributed by atoms with Gasteiger partial charge in [0.05, 0.1) is 14.2 Å². The van der Waals surface area contributed by atoms with E-state index in [2.05, 4.69) is 10.2 Å². The van der Waals surface area contributed by atoms with Gasteiger partial charge in [0.1, 0.15) is 5.82 Å². The molecule has 2 aromatic carbocycles. The number of ether oxygens (including phenoxy) is 2. The minimum absolute atomic E-state index is 0.230. The smallest absolute Gasteiger partial charge is 0.191 e. The van der Waals surface area contributed by atoms with Gasteiger partial charge in [-0.1, -0.05) is 23.9 Å². The molecule has 1 aromatic heterocycles. The van der Waals surface area contributed by atoms with Crippen LogP contribution in [0.3, 0.4) is 0 Å². The van der Waals surface area contributed by atoms with Gasteiger partial charge in [0.2, 0.25) is 0 Å². The number of benzene rings is 2. The molecule has 0 atom stereocenters. The maximum absolute atomic E-state index is 13.3. The fourth-order valence-electron chi connectivity index (χ4n) is 2.64. The lowest BCUT2D eigenvalue weighted by atomic mass is 10.2. The summed E-state index contributed by atoms with van der Waals surface area (Å²) in [6.45, 7) is 2.77. The van der Waals surface area contributed by atoms with Crippen molar-refractivity contribution in [3.63, 3.8) is 0 Å². The second-order valence-electron chi connectivity index (χ2n) is 5.54. The second-order valence-corrected chi connectivity index (χ2v) is 6.48. The summed E-state index contributed by atoms with van der Waals surface area (Å²) in [7, 11) is 3.21. The zero-order chi connectivity index (χ0) is 18.5. The fourth-order valence-corrected chi connectivity index (χ4v) is 3.59. The lowest BCUT2D eigenvalue weighted by molar-refractivity contribution is 0.355. The van der Waals surface area contributed by atoms with E-state index in [1.807, 2.05) is 35.8 Å². The third kappa shape index (κ3) is 3.83. The molecule has 5 nitrogen and oxygen atoms in total. The van der Waals surface area contributed by atoms with Crippen LogP contribution in [0, 0.1) is 5.82 Å². The number of aromatic nitrogens is 3. The van der Waals surface area contributed by atoms with E-state index in [9.17, 15) is 4.39 Å². The van der Waals surface area contributed by atoms with Crippen molar-refractivity contribution in [3.05, 3.63) is 53.8 Å². The quantitative estimate of drug-likeness (QED) is 0.574. The van der Waals surface area contributed by atoms with E-state index in [1.54, 1.807) is 20.3 Å². The Morgan fingerprint density at radius 2 is 1.85 bits per heavy atom. The van der Waals surface area contributed by atoms with E-state index in [-0.39, 0.29) is 5.82 Å². The zero-order valence-corrected chi connectivity index (χ0v) is 15.7. The molecule has 3 aromatic rings. The van der Waals surface area contributed by atoms with Gasteiger partial charge in [-0.2, -0.15) is 0 Å². The Hall–Kier alpha value is -2.54. The molecule has 0 amide bonds. The third-order valence-corrected chi connectivity index (χ3v) is 4.97. The molecule has 0 bridgehead atoms. The first kappa shape index (κ1) is 18.3. The van der Waals surface area contributed by atoms with Crippen molar-refractivity contribution >= 4 is 11.8 Å². The van der Waals surface area contributed by atoms with Gasteiger partial charge in [-0.25, -0.2) is 4.39 Å². The Morgan fingerprint density at radius 1 is 1.04 bits per heavy atom. The van der Waals surface area contributed by atoms with Gasteiger partial charge in [-0.15, -0.1) is 10.2 Å². The minimum atomic E-state index is -0.230. The van der Waals surface area contributed by atoms with Gasteiger partial charge in [-0.05, 0) is 42.8 Å². The van der Waals surface area contributed by atoms with Crippen molar-refractivity contribution in [2.24, 2.45) is 0 Å². The Morgan fingerprint density at radius 3 is 2.54 bits per heavy atom. The molecular formula is C19H20FN3O2S. The Balaban J connectivity index is 1.86. The van der Waals surface area contributed by atoms with E-state index in [0.29, 0.717) is 17.3 Å². The molecule has 0 aliphatic heterocycles. The predicted molar refractivity (Wildman–Crippen MR) is 100 cm³/mol. The Kier molecular flexibility index (Phi) is 5.78. The highest BCUT2D eigenvalue weighted by molar-refractivity contribution is 7.98. The lowest BCUT2D eigenvalue weighted by Crippen LogP contribution is -2.00. The highest BCUT2D eigenvalue weighted by atomic mass is 32.2. The average Bonchev–Trinajstić information content (AvgIpc) is 3.08. The zero-order valence-electron chi connectivity index (χ0n) is 14.9. The normalized spacial score (nSPS) is 10.8. The van der Waals surface area contributed by atoms with Crippen molar-refractivity contribution in [2.75, 3.05) is 14.2 Å². The van der Waals surface area contributed by atoms with Crippen molar-refractivity contribution in [3.8, 4) is 22.9 Å². The molecule has 0 aliphatic carbocycles. The van der Waals surface area contributed by atoms with E-state index < -0.39 is 0 Å². The minimum Gasteiger partial charge on any atom is -0.493 e. The van der Waals surface area contributed by atoms with Gasteiger partial charge < -0.3 is 14.0 Å². The summed E-state index contributed by atoms with van der Waals surface area (Å²) in [6, 6.07) is 12.3. The molecule has 136 valence electrons. The molecule has 1 heterocycles. The van der Waals surface area contributed by atoms with Crippen molar-refractivity contribution in [1.29, 1.82) is 0 Å². The highest BCUT2D eigenvalue weighted by Gasteiger charge is 2.15. The van der Waals surface area contributed by atoms with Crippen molar-refractivity contribution in [2.45, 2.75) is 24.4 Å². The first-order valence-corrected chi connectivity index (χ1v) is 9.17. The van der Waals surface area contributed by atoms with E-state index in [4.69, 9.17) is 9.47 Å². The third-order valence-electron chi connectivity index (χ3n) is 3.93. The molecule has 26 heavy (non-hydrogen) atoms. The van der Waals surface area contributed by atoms with Crippen LogP contribution in [0.15, 0.2) is 47.6 Å². The van der Waals surface area contributed by atoms with Crippen molar-refractivity contribution in [1.82, 2.24) is 14.8 Å². The number of methoxy groups -OCH3 is 2. The van der Waals surface area contributed by atoms with Crippen LogP contribution in [0.5, 0.6) is 11.5 Å². The summed E-state index contributed by atoms with van der Waals surface area (Å²) in [6.07, 6.45) is 0. The molecule has 0 fully saturated rings. The van der Waals surface area contributed by atoms with Crippen LogP contribution in [0.4, 0.5) is 4.39 Å². The molecule has 0 saturated heterocycles. The van der Waals surface area contributed by atoms with E-state index in [0.717, 1.165) is 28.7 Å². The van der Waals surface area contributed by atoms with Gasteiger partial charge in [0.15, 0.2) is 22.5 Å². The summed E-state index contributed by atoms with van der Waals surface area (Å²) < 4.78 is 26.0. The largest absolute Gasteiger partial charge is 0.493 e. The molecule has 0 unspecified atom stereocenters. The van der Waals surface area contributed by atoms with Gasteiger partial charge >= 0.3 is 0 Å². The molecule has 0 N–H and O–H groups in total. The SMILES string of the molecule is CCn1c(SCc2cccc(F)c2)nnc1-c1ccc(OC)c(OC)c1. The molecule has 0 spiro atoms. The van der Waals surface area contributed by atoms with Crippen LogP contribution in [-0.2, 0) is 12.3 Å². The fraction of sp³-hybridized carbons (Fsp3) is 0.263. The predicted octanol–water partition coefficient (Wildman–Crippen LogP) is 4.41. The van der Waals surface area contributed by atoms with Crippen LogP contribution < -0.4 is 9.47 Å². The summed E-state index contributed by atoms with van der Waals surface area (Å²) in [4.78, 5) is 0. The summed E-state index contributed by atoms with van der Waals surface area (Å²) >= 11 is 1.53. The number of halogens is 1. The first-order chi connectivity index (χ1) is 12.7. The second kappa shape index (κ2) is 8.23. The Labute approximate surface area is 156 Å². The number of thioether (sulfide) groups is 1. The van der Waals surface area contributed by atoms with Gasteiger partial charge in [-0.3, -0.25) is 0 Å². The molecule has 0 radical (unpaired) electrons. The van der Waals surface area contributed by atoms with Crippen LogP contribution >= 0.6 is 11.8 Å². The standard InChI is InChI=1S/C19H20FN3O2S/c1-4-23-18(14-8-9-16(24-2)17(11-14)25-3)21-22-19(23)26-12-13-6-5-7-15(20)10-13/h5-11H,4,12H2,1-3H3. The number of rotatable bonds is 7. The summed E-state index contributed by atoms with van der Waals surface area (Å²) in [5, 5.41) is 9.44. The van der Waals surface area contributed by atoms with Gasteiger partial charge in [0, 0.05) is 17.9 Å². The molecular weight excluding hydrogens is 353 g/mol. The Bertz CT molecular complexity index is 898. The maximum atomic E-state index is 13.3. The number of hydrogen-bond donors (Lipinski definition) is 0. The lowest BCUT2D eigenvalue weighted by Gasteiger charge is -2.11. The van der Waals surface area contributed by atoms with Crippen molar-refractivity contribution < 1.29 is 13.9 Å². The maximum Gasteiger partial charge on any atom is 0.191 e.